The minimum absolute atomic E-state index is 0.131. The van der Waals surface area contributed by atoms with E-state index in [1.165, 1.54) is 0 Å². The fraction of sp³-hybridized carbons (Fsp3) is 1.00. The van der Waals surface area contributed by atoms with Crippen LogP contribution in [-0.4, -0.2) is 25.7 Å². The van der Waals surface area contributed by atoms with Gasteiger partial charge in [0, 0.05) is 0 Å². The average Bonchev–Trinajstić information content (AvgIpc) is 1.65. The molecule has 0 radical (unpaired) electrons. The van der Waals surface area contributed by atoms with Crippen LogP contribution in [0.15, 0.2) is 0 Å². The molecule has 0 aliphatic carbocycles. The van der Waals surface area contributed by atoms with Crippen molar-refractivity contribution in [3.63, 3.8) is 0 Å². The molecule has 0 rings (SSSR count). The van der Waals surface area contributed by atoms with Gasteiger partial charge in [-0.3, -0.25) is 0 Å². The van der Waals surface area contributed by atoms with Crippen molar-refractivity contribution < 1.29 is 19.6 Å². The van der Waals surface area contributed by atoms with Crippen molar-refractivity contribution in [1.82, 2.24) is 0 Å². The molecule has 6 heteroatoms. The summed E-state index contributed by atoms with van der Waals surface area (Å²) in [6.45, 7) is 1.76. The summed E-state index contributed by atoms with van der Waals surface area (Å²) in [6.07, 6.45) is 0.699. The molecule has 9 heavy (non-hydrogen) atoms. The summed E-state index contributed by atoms with van der Waals surface area (Å²) in [5.74, 6) is 0. The van der Waals surface area contributed by atoms with Crippen LogP contribution < -0.4 is 0 Å². The van der Waals surface area contributed by atoms with E-state index in [0.717, 1.165) is 0 Å². The molecule has 0 aromatic carbocycles. The fourth-order valence-electron chi connectivity index (χ4n) is 0.435. The van der Waals surface area contributed by atoms with Gasteiger partial charge in [-0.15, -0.1) is 0 Å². The Balaban J connectivity index is 3.70. The van der Waals surface area contributed by atoms with Gasteiger partial charge in [0.2, 0.25) is 0 Å². The van der Waals surface area contributed by atoms with E-state index >= 15 is 0 Å². The van der Waals surface area contributed by atoms with Crippen LogP contribution in [0.5, 0.6) is 0 Å². The monoisotopic (exact) mass is 174 g/mol. The quantitative estimate of drug-likeness (QED) is 0.460. The normalized spacial score (nSPS) is 14.4. The molecule has 0 aromatic heterocycles. The van der Waals surface area contributed by atoms with E-state index in [-0.39, 0.29) is 6.16 Å². The van der Waals surface area contributed by atoms with Gasteiger partial charge in [0.25, 0.3) is 0 Å². The average molecular weight is 174 g/mol. The van der Waals surface area contributed by atoms with Gasteiger partial charge in [-0.2, -0.15) is 0 Å². The second-order valence-electron chi connectivity index (χ2n) is 1.81. The zero-order chi connectivity index (χ0) is 7.49. The van der Waals surface area contributed by atoms with Crippen molar-refractivity contribution in [2.45, 2.75) is 13.3 Å². The third-order valence-electron chi connectivity index (χ3n) is 0.906. The SMILES string of the molecule is CCC[PH](O)(O)P(O)O. The molecule has 0 heterocycles. The summed E-state index contributed by atoms with van der Waals surface area (Å²) in [4.78, 5) is 34.4. The summed E-state index contributed by atoms with van der Waals surface area (Å²) < 4.78 is 0. The van der Waals surface area contributed by atoms with Crippen molar-refractivity contribution in [1.29, 1.82) is 0 Å². The van der Waals surface area contributed by atoms with E-state index in [2.05, 4.69) is 0 Å². The second-order valence-corrected chi connectivity index (χ2v) is 7.79. The van der Waals surface area contributed by atoms with Gasteiger partial charge in [0.1, 0.15) is 0 Å². The third kappa shape index (κ3) is 3.41. The van der Waals surface area contributed by atoms with Gasteiger partial charge in [0.15, 0.2) is 0 Å². The molecule has 58 valence electrons. The van der Waals surface area contributed by atoms with Crippen molar-refractivity contribution >= 4 is 15.5 Å². The molecule has 0 amide bonds. The Labute approximate surface area is 55.5 Å². The van der Waals surface area contributed by atoms with Gasteiger partial charge in [-0.05, 0) is 0 Å². The Morgan fingerprint density at radius 3 is 1.89 bits per heavy atom. The summed E-state index contributed by atoms with van der Waals surface area (Å²) in [6, 6.07) is 0. The van der Waals surface area contributed by atoms with Crippen LogP contribution in [0.2, 0.25) is 0 Å². The zero-order valence-electron chi connectivity index (χ0n) is 5.15. The molecule has 0 aliphatic heterocycles. The number of hydrogen-bond donors (Lipinski definition) is 4. The molecular formula is C3H12O4P2. The maximum atomic E-state index is 8.81. The van der Waals surface area contributed by atoms with Crippen LogP contribution in [-0.2, 0) is 0 Å². The molecule has 0 aromatic rings. The van der Waals surface area contributed by atoms with Crippen LogP contribution in [0, 0.1) is 0 Å². The van der Waals surface area contributed by atoms with Gasteiger partial charge in [-0.25, -0.2) is 0 Å². The standard InChI is InChI=1S/C3H12O4P2/c1-2-3-9(6,7)8(4)5/h4-7,9H,2-3H2,1H3. The van der Waals surface area contributed by atoms with Gasteiger partial charge in [0.05, 0.1) is 0 Å². The second kappa shape index (κ2) is 3.77. The maximum absolute atomic E-state index is 8.81. The van der Waals surface area contributed by atoms with E-state index in [9.17, 15) is 0 Å². The molecular weight excluding hydrogens is 162 g/mol. The molecule has 0 aliphatic rings. The van der Waals surface area contributed by atoms with E-state index in [0.29, 0.717) is 6.42 Å². The summed E-state index contributed by atoms with van der Waals surface area (Å²) >= 11 is 0. The van der Waals surface area contributed by atoms with Crippen LogP contribution in [0.4, 0.5) is 0 Å². The van der Waals surface area contributed by atoms with Crippen LogP contribution >= 0.6 is 15.5 Å². The van der Waals surface area contributed by atoms with E-state index in [1.54, 1.807) is 6.92 Å². The van der Waals surface area contributed by atoms with Crippen molar-refractivity contribution in [2.75, 3.05) is 6.16 Å². The molecule has 0 spiro atoms. The van der Waals surface area contributed by atoms with Crippen LogP contribution in [0.1, 0.15) is 13.3 Å². The van der Waals surface area contributed by atoms with Crippen LogP contribution in [0.25, 0.3) is 0 Å². The Kier molecular flexibility index (Phi) is 4.06. The Bertz CT molecular complexity index is 83.9. The van der Waals surface area contributed by atoms with Crippen LogP contribution in [0.3, 0.4) is 0 Å². The first kappa shape index (κ1) is 9.70. The third-order valence-corrected chi connectivity index (χ3v) is 5.31. The van der Waals surface area contributed by atoms with E-state index < -0.39 is 15.5 Å². The molecule has 0 unspecified atom stereocenters. The molecule has 4 N–H and O–H groups in total. The van der Waals surface area contributed by atoms with E-state index in [4.69, 9.17) is 19.6 Å². The molecule has 0 saturated carbocycles. The topological polar surface area (TPSA) is 80.9 Å². The molecule has 0 fully saturated rings. The van der Waals surface area contributed by atoms with Gasteiger partial charge in [-0.1, -0.05) is 0 Å². The van der Waals surface area contributed by atoms with Gasteiger partial charge >= 0.3 is 54.5 Å². The van der Waals surface area contributed by atoms with Crippen molar-refractivity contribution in [2.24, 2.45) is 0 Å². The predicted molar refractivity (Wildman–Crippen MR) is 39.3 cm³/mol. The van der Waals surface area contributed by atoms with Gasteiger partial charge < -0.3 is 0 Å². The van der Waals surface area contributed by atoms with E-state index in [1.807, 2.05) is 0 Å². The first-order valence-corrected chi connectivity index (χ1v) is 6.82. The van der Waals surface area contributed by atoms with Crippen molar-refractivity contribution in [3.8, 4) is 0 Å². The Morgan fingerprint density at radius 2 is 1.78 bits per heavy atom. The summed E-state index contributed by atoms with van der Waals surface area (Å²) in [5, 5.41) is 0. The number of hydrogen-bond acceptors (Lipinski definition) is 4. The molecule has 0 saturated heterocycles. The Hall–Kier alpha value is 0.700. The minimum atomic E-state index is -3.60. The zero-order valence-corrected chi connectivity index (χ0v) is 7.04. The summed E-state index contributed by atoms with van der Waals surface area (Å²) in [7, 11) is -6.10. The fourth-order valence-corrected chi connectivity index (χ4v) is 2.58. The molecule has 0 bridgehead atoms. The van der Waals surface area contributed by atoms with Crippen molar-refractivity contribution in [3.05, 3.63) is 0 Å². The first-order valence-electron chi connectivity index (χ1n) is 2.63. The predicted octanol–water partition coefficient (Wildman–Crippen LogP) is 0.172. The molecule has 0 atom stereocenters. The Morgan fingerprint density at radius 1 is 1.33 bits per heavy atom. The first-order chi connectivity index (χ1) is 4.00. The summed E-state index contributed by atoms with van der Waals surface area (Å²) in [5.41, 5.74) is 0. The molecule has 4 nitrogen and oxygen atoms in total. The number of rotatable bonds is 3.